The summed E-state index contributed by atoms with van der Waals surface area (Å²) in [5.41, 5.74) is 23.7. The van der Waals surface area contributed by atoms with E-state index in [9.17, 15) is 9.90 Å². The molecule has 0 saturated carbocycles. The number of rotatable bonds is 8. The van der Waals surface area contributed by atoms with Crippen molar-refractivity contribution in [1.82, 2.24) is 79.7 Å². The Kier molecular flexibility index (Phi) is 22.3. The summed E-state index contributed by atoms with van der Waals surface area (Å²) < 4.78 is 5.22. The number of hydrogen-bond acceptors (Lipinski definition) is 8. The van der Waals surface area contributed by atoms with Gasteiger partial charge in [0.25, 0.3) is 0 Å². The van der Waals surface area contributed by atoms with E-state index in [4.69, 9.17) is 37.1 Å². The van der Waals surface area contributed by atoms with Crippen LogP contribution in [0, 0.1) is 6.92 Å². The van der Waals surface area contributed by atoms with Crippen molar-refractivity contribution in [2.75, 3.05) is 10.6 Å². The van der Waals surface area contributed by atoms with Crippen molar-refractivity contribution in [3.8, 4) is 56.9 Å². The lowest BCUT2D eigenvalue weighted by atomic mass is 9.98. The Labute approximate surface area is 892 Å². The number of aromatic nitrogens is 16. The fourth-order valence-electron chi connectivity index (χ4n) is 21.5. The van der Waals surface area contributed by atoms with Crippen LogP contribution in [0.15, 0.2) is 393 Å². The van der Waals surface area contributed by atoms with Crippen LogP contribution < -0.4 is 10.6 Å². The van der Waals surface area contributed by atoms with Crippen molar-refractivity contribution in [2.24, 2.45) is 0 Å². The average Bonchev–Trinajstić information content (AvgIpc) is 1.63. The van der Waals surface area contributed by atoms with Gasteiger partial charge in [-0.1, -0.05) is 286 Å². The normalized spacial score (nSPS) is 11.8. The van der Waals surface area contributed by atoms with E-state index >= 15 is 0 Å². The molecule has 0 fully saturated rings. The van der Waals surface area contributed by atoms with E-state index in [0.717, 1.165) is 244 Å². The number of aromatic carboxylic acids is 1. The van der Waals surface area contributed by atoms with Gasteiger partial charge in [0, 0.05) is 201 Å². The third kappa shape index (κ3) is 15.9. The molecule has 0 atom stereocenters. The summed E-state index contributed by atoms with van der Waals surface area (Å²) in [6, 6.07) is 116. The third-order valence-electron chi connectivity index (χ3n) is 28.2. The summed E-state index contributed by atoms with van der Waals surface area (Å²) in [7, 11) is 0. The molecule has 0 aliphatic heterocycles. The van der Waals surface area contributed by atoms with Crippen LogP contribution in [0.3, 0.4) is 0 Å². The lowest BCUT2D eigenvalue weighted by molar-refractivity contribution is 0.0697. The minimum atomic E-state index is -0.934. The van der Waals surface area contributed by atoms with Crippen molar-refractivity contribution in [1.29, 1.82) is 0 Å². The fraction of sp³-hybridized carbons (Fsp3) is 0.00813. The molecule has 20 aromatic carbocycles. The maximum atomic E-state index is 11.5. The monoisotopic (exact) mass is 2260 g/mol. The van der Waals surface area contributed by atoms with Gasteiger partial charge in [0.1, 0.15) is 34.8 Å². The van der Waals surface area contributed by atoms with Gasteiger partial charge >= 0.3 is 5.97 Å². The number of carboxylic acid groups (broad SMARTS) is 1. The molecule has 149 heavy (non-hydrogen) atoms. The smallest absolute Gasteiger partial charge is 0.335 e. The van der Waals surface area contributed by atoms with Crippen molar-refractivity contribution in [2.45, 2.75) is 6.92 Å². The molecule has 0 aliphatic rings. The molecular formula is C123H77Br5N18O2S. The third-order valence-corrected chi connectivity index (χ3v) is 30.9. The summed E-state index contributed by atoms with van der Waals surface area (Å²) in [4.78, 5) is 75.8. The zero-order valence-corrected chi connectivity index (χ0v) is 87.3. The molecule has 0 aliphatic carbocycles. The summed E-state index contributed by atoms with van der Waals surface area (Å²) >= 11 is 23.6. The first-order valence-electron chi connectivity index (χ1n) is 48.2. The van der Waals surface area contributed by atoms with Crippen molar-refractivity contribution >= 4 is 332 Å². The molecule has 20 nitrogen and oxygen atoms in total. The van der Waals surface area contributed by atoms with Crippen LogP contribution in [0.4, 0.5) is 11.4 Å². The number of H-pyrrole nitrogens is 10. The minimum Gasteiger partial charge on any atom is -0.478 e. The van der Waals surface area contributed by atoms with Gasteiger partial charge < -0.3 is 65.6 Å². The second kappa shape index (κ2) is 36.8. The standard InChI is InChI=1S/C30H20BrN5S.C24H14BrN3O2.C24H16BrN3.C23H13Br2N3.C22H14N4/c31-17-10-13-26-23(14-17)25(16-32-26)29-35-27-22-9-5-4-8-20(22)21-12-11-19(15-24(21)28(27)36-29)34-30(37)33-18-6-2-1-3-7-18;25-13-6-8-20-18(10-13)19(11-26-20)23-27-21-15-4-2-1-3-14(15)17-9-12(24(29)30)5-7-16(17)22(21)28-23;1-13-21(18-8-4-5-9-20(18)26-13)24-27-22-16-7-3-2-6-15(16)19-12-14(25)10-11-17(19)23(22)28-24;24-12-5-7-15-14-3-1-2-4-16(14)21-22(18(15)10-12)28-23(27-21)19-11-26-20-8-6-13(25)9-17(19)20;1-3-8-15-13(6-1)14-7-2-4-9-16(14)20-19(15)25-22(26-20)18-12-24-21-17(18)10-5-11-23-21/h1-16,32H,(H,35,36)(H2,33,34,37);1-11,26H,(H,27,28)(H,29,30);2-12,26H,1H3,(H,27,28);1-11,26H,(H,27,28);1-12H,(H,23,24)(H,25,26). The Morgan fingerprint density at radius 1 is 0.268 bits per heavy atom. The zero-order valence-electron chi connectivity index (χ0n) is 78.6. The summed E-state index contributed by atoms with van der Waals surface area (Å²) in [6.07, 6.45) is 9.76. The number of pyridine rings is 1. The number of hydrogen-bond donors (Lipinski definition) is 13. The van der Waals surface area contributed by atoms with Crippen LogP contribution in [0.1, 0.15) is 16.1 Å². The number of fused-ring (bicyclic) bond motifs is 35. The molecule has 0 radical (unpaired) electrons. The number of para-hydroxylation sites is 2. The SMILES string of the molecule is Brc1ccc2[nH]cc(-c3nc4c5cc(Br)ccc5c5ccccc5c4[nH]3)c2c1.Cc1[nH]c2ccccc2c1-c1nc2c3ccccc3c3cc(Br)ccc3c2[nH]1.O=C(O)c1ccc2c(c1)c1ccccc1c1nc(-c3c[nH]c4ccc(Br)cc34)[nH]c21.S=C(Nc1ccccc1)Nc1ccc2c3ccccc3c3[nH]c(-c4c[nH]c5ccc(Br)cc45)nc3c2c1.c1cnc2[nH]cc(-c3nc4c5ccccc5c5ccccc5c4[nH]3)c2c1. The summed E-state index contributed by atoms with van der Waals surface area (Å²) in [5.74, 6) is 3.31. The summed E-state index contributed by atoms with van der Waals surface area (Å²) in [6.45, 7) is 2.11. The van der Waals surface area contributed by atoms with Gasteiger partial charge in [0.05, 0.1) is 60.7 Å². The maximum Gasteiger partial charge on any atom is 0.335 e. The highest BCUT2D eigenvalue weighted by atomic mass is 79.9. The molecule has 11 aromatic heterocycles. The number of imidazole rings is 5. The highest BCUT2D eigenvalue weighted by Gasteiger charge is 2.26. The molecule has 0 unspecified atom stereocenters. The second-order valence-electron chi connectivity index (χ2n) is 36.9. The van der Waals surface area contributed by atoms with E-state index in [1.807, 2.05) is 116 Å². The van der Waals surface area contributed by atoms with E-state index in [2.05, 4.69) is 389 Å². The van der Waals surface area contributed by atoms with Crippen molar-refractivity contribution < 1.29 is 9.90 Å². The minimum absolute atomic E-state index is 0.272. The lowest BCUT2D eigenvalue weighted by Crippen LogP contribution is -2.18. The van der Waals surface area contributed by atoms with Crippen molar-refractivity contribution in [3.05, 3.63) is 404 Å². The fourth-order valence-corrected chi connectivity index (χ4v) is 23.6. The van der Waals surface area contributed by atoms with Crippen LogP contribution in [-0.2, 0) is 0 Å². The molecule has 31 aromatic rings. The van der Waals surface area contributed by atoms with Gasteiger partial charge in [-0.3, -0.25) is 0 Å². The number of nitrogens with one attached hydrogen (secondary N) is 12. The van der Waals surface area contributed by atoms with Crippen LogP contribution in [0.5, 0.6) is 0 Å². The molecule has 712 valence electrons. The number of nitrogens with zero attached hydrogens (tertiary/aromatic N) is 6. The predicted molar refractivity (Wildman–Crippen MR) is 636 cm³/mol. The predicted octanol–water partition coefficient (Wildman–Crippen LogP) is 35.1. The molecule has 11 heterocycles. The number of benzene rings is 20. The Morgan fingerprint density at radius 3 is 1.05 bits per heavy atom. The number of aromatic amines is 10. The quantitative estimate of drug-likeness (QED) is 0.0501. The molecule has 0 amide bonds. The first kappa shape index (κ1) is 90.5. The van der Waals surface area contributed by atoms with E-state index in [1.54, 1.807) is 18.3 Å². The topological polar surface area (TPSA) is 297 Å². The molecule has 0 bridgehead atoms. The number of thiocarbonyl (C=S) groups is 1. The largest absolute Gasteiger partial charge is 0.478 e. The first-order chi connectivity index (χ1) is 73.0. The molecule has 26 heteroatoms. The van der Waals surface area contributed by atoms with Gasteiger partial charge in [0.2, 0.25) is 0 Å². The Hall–Kier alpha value is -17.2. The second-order valence-corrected chi connectivity index (χ2v) is 41.9. The van der Waals surface area contributed by atoms with Gasteiger partial charge in [-0.05, 0) is 206 Å². The molecule has 0 saturated heterocycles. The van der Waals surface area contributed by atoms with Gasteiger partial charge in [0.15, 0.2) is 5.11 Å². The number of carboxylic acids is 1. The van der Waals surface area contributed by atoms with Crippen LogP contribution in [0.2, 0.25) is 0 Å². The highest BCUT2D eigenvalue weighted by molar-refractivity contribution is 9.11. The number of aryl methyl sites for hydroxylation is 1. The average molecular weight is 2270 g/mol. The number of carbonyl (C=O) groups is 1. The van der Waals surface area contributed by atoms with Crippen LogP contribution >= 0.6 is 91.9 Å². The Balaban J connectivity index is 0.0000000922. The Bertz CT molecular complexity index is 10900. The summed E-state index contributed by atoms with van der Waals surface area (Å²) in [5, 5.41) is 44.9. The molecule has 13 N–H and O–H groups in total. The van der Waals surface area contributed by atoms with Crippen molar-refractivity contribution in [3.63, 3.8) is 0 Å². The first-order valence-corrected chi connectivity index (χ1v) is 52.6. The molecule has 0 spiro atoms. The highest BCUT2D eigenvalue weighted by Crippen LogP contribution is 2.47. The lowest BCUT2D eigenvalue weighted by Gasteiger charge is -2.12. The Morgan fingerprint density at radius 2 is 0.584 bits per heavy atom. The van der Waals surface area contributed by atoms with Gasteiger partial charge in [-0.15, -0.1) is 0 Å². The van der Waals surface area contributed by atoms with Crippen LogP contribution in [0.25, 0.3) is 274 Å². The van der Waals surface area contributed by atoms with E-state index in [-0.39, 0.29) is 5.56 Å². The van der Waals surface area contributed by atoms with Gasteiger partial charge in [-0.2, -0.15) is 0 Å². The van der Waals surface area contributed by atoms with Crippen LogP contribution in [-0.4, -0.2) is 95.9 Å². The van der Waals surface area contributed by atoms with E-state index in [0.29, 0.717) is 5.11 Å². The van der Waals surface area contributed by atoms with Gasteiger partial charge in [-0.25, -0.2) is 34.7 Å². The zero-order chi connectivity index (χ0) is 100. The molecule has 31 rings (SSSR count). The number of anilines is 2. The maximum absolute atomic E-state index is 11.5. The van der Waals surface area contributed by atoms with E-state index in [1.165, 1.54) is 70.0 Å². The molecular weight excluding hydrogens is 2190 g/mol. The number of halogens is 5. The van der Waals surface area contributed by atoms with E-state index < -0.39 is 5.97 Å².